The van der Waals surface area contributed by atoms with Crippen molar-refractivity contribution in [2.24, 2.45) is 0 Å². The molecule has 0 heterocycles. The van der Waals surface area contributed by atoms with Crippen LogP contribution >= 0.6 is 15.9 Å². The van der Waals surface area contributed by atoms with Gasteiger partial charge in [-0.2, -0.15) is 0 Å². The van der Waals surface area contributed by atoms with Crippen molar-refractivity contribution in [1.29, 1.82) is 0 Å². The summed E-state index contributed by atoms with van der Waals surface area (Å²) in [6.07, 6.45) is 1.15. The molecular weight excluding hydrogens is 224 g/mol. The van der Waals surface area contributed by atoms with Gasteiger partial charge in [0.25, 0.3) is 0 Å². The second-order valence-electron chi connectivity index (χ2n) is 2.66. The quantitative estimate of drug-likeness (QED) is 0.449. The molecule has 0 aliphatic rings. The number of hydrogen-bond donors (Lipinski definition) is 1. The molecule has 0 aliphatic carbocycles. The Morgan fingerprint density at radius 3 is 2.67 bits per heavy atom. The van der Waals surface area contributed by atoms with Gasteiger partial charge in [0.2, 0.25) is 0 Å². The molecule has 3 nitrogen and oxygen atoms in total. The van der Waals surface area contributed by atoms with E-state index in [4.69, 9.17) is 9.84 Å². The first-order valence-electron chi connectivity index (χ1n) is 4.08. The fourth-order valence-electron chi connectivity index (χ4n) is 0.594. The molecule has 0 aromatic heterocycles. The van der Waals surface area contributed by atoms with Gasteiger partial charge in [-0.25, -0.2) is 0 Å². The maximum Gasteiger partial charge on any atom is 0.322 e. The van der Waals surface area contributed by atoms with Crippen LogP contribution in [-0.4, -0.2) is 28.6 Å². The van der Waals surface area contributed by atoms with Gasteiger partial charge in [-0.15, -0.1) is 0 Å². The Balaban J connectivity index is 3.57. The maximum absolute atomic E-state index is 11.0. The third-order valence-corrected chi connectivity index (χ3v) is 2.53. The zero-order valence-corrected chi connectivity index (χ0v) is 9.00. The van der Waals surface area contributed by atoms with E-state index in [2.05, 4.69) is 15.9 Å². The van der Waals surface area contributed by atoms with Crippen LogP contribution in [0.15, 0.2) is 0 Å². The van der Waals surface area contributed by atoms with Crippen molar-refractivity contribution in [3.05, 3.63) is 0 Å². The second-order valence-corrected chi connectivity index (χ2v) is 3.65. The summed E-state index contributed by atoms with van der Waals surface area (Å²) in [7, 11) is 0. The lowest BCUT2D eigenvalue weighted by Gasteiger charge is -2.11. The van der Waals surface area contributed by atoms with Gasteiger partial charge in [-0.3, -0.25) is 4.79 Å². The Labute approximate surface area is 81.2 Å². The molecule has 0 aromatic rings. The third-order valence-electron chi connectivity index (χ3n) is 1.39. The molecule has 0 aromatic carbocycles. The summed E-state index contributed by atoms with van der Waals surface area (Å²) < 4.78 is 4.86. The summed E-state index contributed by atoms with van der Waals surface area (Å²) in [5.41, 5.74) is 0. The Bertz CT molecular complexity index is 136. The van der Waals surface area contributed by atoms with E-state index in [1.807, 2.05) is 6.92 Å². The third kappa shape index (κ3) is 4.72. The van der Waals surface area contributed by atoms with E-state index in [0.717, 1.165) is 12.8 Å². The lowest BCUT2D eigenvalue weighted by Crippen LogP contribution is -2.28. The Morgan fingerprint density at radius 2 is 2.25 bits per heavy atom. The van der Waals surface area contributed by atoms with Crippen molar-refractivity contribution >= 4 is 21.9 Å². The molecule has 0 amide bonds. The molecule has 0 unspecified atom stereocenters. The molecule has 0 spiro atoms. The minimum absolute atomic E-state index is 0.390. The molecule has 0 radical (unpaired) electrons. The first-order chi connectivity index (χ1) is 5.59. The summed E-state index contributed by atoms with van der Waals surface area (Å²) in [4.78, 5) is 10.4. The molecule has 0 saturated carbocycles. The van der Waals surface area contributed by atoms with Gasteiger partial charge < -0.3 is 9.84 Å². The highest BCUT2D eigenvalue weighted by atomic mass is 79.9. The summed E-state index contributed by atoms with van der Waals surface area (Å²) in [6.45, 7) is 4.00. The van der Waals surface area contributed by atoms with Crippen LogP contribution in [0.2, 0.25) is 0 Å². The van der Waals surface area contributed by atoms with Crippen LogP contribution < -0.4 is 0 Å². The summed E-state index contributed by atoms with van der Waals surface area (Å²) in [5, 5.41) is 9.00. The number of ether oxygens (including phenoxy) is 1. The van der Waals surface area contributed by atoms with Crippen LogP contribution in [-0.2, 0) is 9.53 Å². The van der Waals surface area contributed by atoms with Gasteiger partial charge >= 0.3 is 5.97 Å². The molecule has 72 valence electrons. The molecule has 0 aliphatic heterocycles. The van der Waals surface area contributed by atoms with E-state index in [1.54, 1.807) is 6.92 Å². The van der Waals surface area contributed by atoms with Gasteiger partial charge in [0.05, 0.1) is 12.7 Å². The molecule has 0 fully saturated rings. The highest BCUT2D eigenvalue weighted by Crippen LogP contribution is 2.07. The molecule has 4 heteroatoms. The molecule has 12 heavy (non-hydrogen) atoms. The maximum atomic E-state index is 11.0. The lowest BCUT2D eigenvalue weighted by molar-refractivity contribution is -0.144. The first-order valence-corrected chi connectivity index (χ1v) is 5.00. The van der Waals surface area contributed by atoms with E-state index in [9.17, 15) is 4.79 Å². The van der Waals surface area contributed by atoms with E-state index in [0.29, 0.717) is 6.61 Å². The number of carbonyl (C=O) groups excluding carboxylic acids is 1. The van der Waals surface area contributed by atoms with Crippen LogP contribution in [0.5, 0.6) is 0 Å². The largest absolute Gasteiger partial charge is 0.465 e. The van der Waals surface area contributed by atoms with Gasteiger partial charge in [0.1, 0.15) is 4.83 Å². The number of aliphatic hydroxyl groups is 1. The molecule has 0 bridgehead atoms. The average molecular weight is 239 g/mol. The molecule has 1 N–H and O–H groups in total. The standard InChI is InChI=1S/C8H15BrO3/c1-3-4-5-12-8(11)7(9)6(2)10/h6-7,10H,3-5H2,1-2H3/t6-,7-/m0/s1. The number of unbranched alkanes of at least 4 members (excludes halogenated alkanes) is 1. The first kappa shape index (κ1) is 11.9. The molecular formula is C8H15BrO3. The predicted octanol–water partition coefficient (Wildman–Crippen LogP) is 1.47. The van der Waals surface area contributed by atoms with Gasteiger partial charge in [-0.05, 0) is 13.3 Å². The van der Waals surface area contributed by atoms with Crippen LogP contribution in [0.1, 0.15) is 26.7 Å². The average Bonchev–Trinajstić information content (AvgIpc) is 2.03. The number of halogens is 1. The van der Waals surface area contributed by atoms with Gasteiger partial charge in [0.15, 0.2) is 0 Å². The smallest absolute Gasteiger partial charge is 0.322 e. The van der Waals surface area contributed by atoms with E-state index < -0.39 is 16.9 Å². The highest BCUT2D eigenvalue weighted by molar-refractivity contribution is 9.10. The van der Waals surface area contributed by atoms with Gasteiger partial charge in [-0.1, -0.05) is 29.3 Å². The highest BCUT2D eigenvalue weighted by Gasteiger charge is 2.21. The van der Waals surface area contributed by atoms with Crippen LogP contribution in [0.25, 0.3) is 0 Å². The van der Waals surface area contributed by atoms with Crippen molar-refractivity contribution < 1.29 is 14.6 Å². The SMILES string of the molecule is CCCCOC(=O)[C@@H](Br)[C@H](C)O. The predicted molar refractivity (Wildman–Crippen MR) is 50.3 cm³/mol. The van der Waals surface area contributed by atoms with Crippen molar-refractivity contribution in [2.45, 2.75) is 37.6 Å². The zero-order valence-electron chi connectivity index (χ0n) is 7.42. The summed E-state index contributed by atoms with van der Waals surface area (Å²) in [5.74, 6) is -0.390. The topological polar surface area (TPSA) is 46.5 Å². The Morgan fingerprint density at radius 1 is 1.67 bits per heavy atom. The van der Waals surface area contributed by atoms with Crippen molar-refractivity contribution in [3.63, 3.8) is 0 Å². The minimum atomic E-state index is -0.709. The normalized spacial score (nSPS) is 15.3. The second kappa shape index (κ2) is 6.43. The van der Waals surface area contributed by atoms with Gasteiger partial charge in [0, 0.05) is 0 Å². The molecule has 2 atom stereocenters. The minimum Gasteiger partial charge on any atom is -0.465 e. The van der Waals surface area contributed by atoms with Crippen molar-refractivity contribution in [3.8, 4) is 0 Å². The Kier molecular flexibility index (Phi) is 6.38. The monoisotopic (exact) mass is 238 g/mol. The number of carbonyl (C=O) groups is 1. The fourth-order valence-corrected chi connectivity index (χ4v) is 0.726. The number of aliphatic hydroxyl groups excluding tert-OH is 1. The molecule has 0 rings (SSSR count). The molecule has 0 saturated heterocycles. The number of hydrogen-bond acceptors (Lipinski definition) is 3. The Hall–Kier alpha value is -0.0900. The van der Waals surface area contributed by atoms with E-state index in [1.165, 1.54) is 0 Å². The number of rotatable bonds is 5. The summed E-state index contributed by atoms with van der Waals surface area (Å²) in [6, 6.07) is 0. The summed E-state index contributed by atoms with van der Waals surface area (Å²) >= 11 is 3.04. The van der Waals surface area contributed by atoms with Crippen molar-refractivity contribution in [2.75, 3.05) is 6.61 Å². The fraction of sp³-hybridized carbons (Fsp3) is 0.875. The number of esters is 1. The number of alkyl halides is 1. The van der Waals surface area contributed by atoms with Crippen LogP contribution in [0.4, 0.5) is 0 Å². The van der Waals surface area contributed by atoms with E-state index in [-0.39, 0.29) is 0 Å². The van der Waals surface area contributed by atoms with Crippen molar-refractivity contribution in [1.82, 2.24) is 0 Å². The van der Waals surface area contributed by atoms with Crippen LogP contribution in [0, 0.1) is 0 Å². The van der Waals surface area contributed by atoms with E-state index >= 15 is 0 Å². The zero-order chi connectivity index (χ0) is 9.56. The lowest BCUT2D eigenvalue weighted by atomic mass is 10.3. The van der Waals surface area contributed by atoms with Crippen LogP contribution in [0.3, 0.4) is 0 Å².